The number of aromatic nitrogens is 2. The molecule has 2 aromatic heterocycles. The van der Waals surface area contributed by atoms with Crippen LogP contribution in [0.5, 0.6) is 5.75 Å². The normalized spacial score (nSPS) is 10.5. The van der Waals surface area contributed by atoms with Crippen LogP contribution in [0.25, 0.3) is 10.9 Å². The Labute approximate surface area is 151 Å². The summed E-state index contributed by atoms with van der Waals surface area (Å²) in [6.45, 7) is 0.245. The SMILES string of the molecule is COC(=O)c1scc2nc(C(=O)NCc3cccc(OC)c3)[nH]c(=O)c12. The van der Waals surface area contributed by atoms with Crippen LogP contribution in [0.4, 0.5) is 0 Å². The van der Waals surface area contributed by atoms with Crippen molar-refractivity contribution in [3.63, 3.8) is 0 Å². The van der Waals surface area contributed by atoms with Gasteiger partial charge in [0, 0.05) is 11.9 Å². The molecule has 134 valence electrons. The first-order chi connectivity index (χ1) is 12.5. The molecule has 0 aliphatic heterocycles. The highest BCUT2D eigenvalue weighted by Gasteiger charge is 2.19. The van der Waals surface area contributed by atoms with Gasteiger partial charge in [-0.1, -0.05) is 12.1 Å². The molecule has 0 unspecified atom stereocenters. The van der Waals surface area contributed by atoms with Gasteiger partial charge in [-0.15, -0.1) is 11.3 Å². The van der Waals surface area contributed by atoms with Gasteiger partial charge in [-0.3, -0.25) is 9.59 Å². The van der Waals surface area contributed by atoms with E-state index < -0.39 is 17.4 Å². The maximum Gasteiger partial charge on any atom is 0.348 e. The number of hydrogen-bond acceptors (Lipinski definition) is 7. The van der Waals surface area contributed by atoms with Crippen molar-refractivity contribution in [2.75, 3.05) is 14.2 Å². The first kappa shape index (κ1) is 17.6. The van der Waals surface area contributed by atoms with Gasteiger partial charge >= 0.3 is 5.97 Å². The lowest BCUT2D eigenvalue weighted by Crippen LogP contribution is -2.27. The summed E-state index contributed by atoms with van der Waals surface area (Å²) in [6, 6.07) is 7.24. The molecule has 3 aromatic rings. The van der Waals surface area contributed by atoms with Crippen molar-refractivity contribution in [1.29, 1.82) is 0 Å². The van der Waals surface area contributed by atoms with Gasteiger partial charge in [0.15, 0.2) is 5.82 Å². The van der Waals surface area contributed by atoms with Crippen LogP contribution < -0.4 is 15.6 Å². The number of methoxy groups -OCH3 is 2. The van der Waals surface area contributed by atoms with Crippen molar-refractivity contribution in [3.8, 4) is 5.75 Å². The fraction of sp³-hybridized carbons (Fsp3) is 0.176. The number of H-pyrrole nitrogens is 1. The van der Waals surface area contributed by atoms with Crippen LogP contribution in [0, 0.1) is 0 Å². The van der Waals surface area contributed by atoms with Crippen molar-refractivity contribution < 1.29 is 19.1 Å². The number of ether oxygens (including phenoxy) is 2. The molecule has 2 heterocycles. The lowest BCUT2D eigenvalue weighted by molar-refractivity contribution is 0.0608. The zero-order chi connectivity index (χ0) is 18.7. The average molecular weight is 373 g/mol. The number of thiophene rings is 1. The summed E-state index contributed by atoms with van der Waals surface area (Å²) in [5, 5.41) is 4.34. The second-order valence-corrected chi connectivity index (χ2v) is 6.15. The van der Waals surface area contributed by atoms with Gasteiger partial charge < -0.3 is 19.8 Å². The van der Waals surface area contributed by atoms with E-state index in [-0.39, 0.29) is 28.1 Å². The van der Waals surface area contributed by atoms with Gasteiger partial charge in [0.1, 0.15) is 10.6 Å². The summed E-state index contributed by atoms with van der Waals surface area (Å²) >= 11 is 1.04. The Hall–Kier alpha value is -3.20. The summed E-state index contributed by atoms with van der Waals surface area (Å²) in [5.74, 6) is -0.594. The molecule has 3 rings (SSSR count). The number of benzene rings is 1. The minimum atomic E-state index is -0.618. The molecule has 0 saturated carbocycles. The molecule has 1 amide bonds. The Morgan fingerprint density at radius 3 is 2.85 bits per heavy atom. The number of amides is 1. The van der Waals surface area contributed by atoms with Crippen LogP contribution in [-0.4, -0.2) is 36.1 Å². The van der Waals surface area contributed by atoms with Gasteiger partial charge in [0.2, 0.25) is 0 Å². The number of rotatable bonds is 5. The number of carbonyl (C=O) groups excluding carboxylic acids is 2. The lowest BCUT2D eigenvalue weighted by atomic mass is 10.2. The molecule has 0 aliphatic carbocycles. The molecule has 0 fully saturated rings. The maximum absolute atomic E-state index is 12.3. The first-order valence-corrected chi connectivity index (χ1v) is 8.42. The van der Waals surface area contributed by atoms with Crippen molar-refractivity contribution in [2.24, 2.45) is 0 Å². The number of carbonyl (C=O) groups is 2. The molecule has 0 radical (unpaired) electrons. The van der Waals surface area contributed by atoms with E-state index in [0.29, 0.717) is 5.75 Å². The second-order valence-electron chi connectivity index (χ2n) is 5.27. The van der Waals surface area contributed by atoms with E-state index in [9.17, 15) is 14.4 Å². The highest BCUT2D eigenvalue weighted by atomic mass is 32.1. The van der Waals surface area contributed by atoms with Crippen molar-refractivity contribution >= 4 is 34.1 Å². The van der Waals surface area contributed by atoms with E-state index in [1.54, 1.807) is 19.2 Å². The Morgan fingerprint density at radius 1 is 1.31 bits per heavy atom. The third kappa shape index (κ3) is 3.42. The third-order valence-corrected chi connectivity index (χ3v) is 4.58. The molecule has 0 aliphatic rings. The summed E-state index contributed by atoms with van der Waals surface area (Å²) in [7, 11) is 2.79. The van der Waals surface area contributed by atoms with Crippen molar-refractivity contribution in [3.05, 3.63) is 56.3 Å². The maximum atomic E-state index is 12.3. The Bertz CT molecular complexity index is 1040. The first-order valence-electron chi connectivity index (χ1n) is 7.54. The molecule has 1 aromatic carbocycles. The topological polar surface area (TPSA) is 110 Å². The smallest absolute Gasteiger partial charge is 0.348 e. The van der Waals surface area contributed by atoms with Crippen LogP contribution in [0.1, 0.15) is 25.9 Å². The summed E-state index contributed by atoms with van der Waals surface area (Å²) in [6.07, 6.45) is 0. The molecule has 8 nitrogen and oxygen atoms in total. The van der Waals surface area contributed by atoms with Crippen LogP contribution >= 0.6 is 11.3 Å². The minimum Gasteiger partial charge on any atom is -0.497 e. The van der Waals surface area contributed by atoms with Crippen molar-refractivity contribution in [2.45, 2.75) is 6.54 Å². The summed E-state index contributed by atoms with van der Waals surface area (Å²) in [5.41, 5.74) is 0.540. The van der Waals surface area contributed by atoms with Crippen molar-refractivity contribution in [1.82, 2.24) is 15.3 Å². The van der Waals surface area contributed by atoms with Gasteiger partial charge in [-0.25, -0.2) is 9.78 Å². The monoisotopic (exact) mass is 373 g/mol. The predicted molar refractivity (Wildman–Crippen MR) is 95.7 cm³/mol. The summed E-state index contributed by atoms with van der Waals surface area (Å²) in [4.78, 5) is 43.0. The molecule has 9 heteroatoms. The minimum absolute atomic E-state index is 0.117. The Morgan fingerprint density at radius 2 is 2.12 bits per heavy atom. The summed E-state index contributed by atoms with van der Waals surface area (Å²) < 4.78 is 9.78. The fourth-order valence-electron chi connectivity index (χ4n) is 2.37. The number of hydrogen-bond donors (Lipinski definition) is 2. The van der Waals surface area contributed by atoms with Gasteiger partial charge in [0.25, 0.3) is 11.5 Å². The zero-order valence-corrected chi connectivity index (χ0v) is 14.8. The average Bonchev–Trinajstić information content (AvgIpc) is 3.10. The van der Waals surface area contributed by atoms with Crippen LogP contribution in [-0.2, 0) is 11.3 Å². The number of nitrogens with zero attached hydrogens (tertiary/aromatic N) is 1. The second kappa shape index (κ2) is 7.36. The van der Waals surface area contributed by atoms with E-state index in [0.717, 1.165) is 16.9 Å². The molecule has 2 N–H and O–H groups in total. The van der Waals surface area contributed by atoms with E-state index in [1.807, 2.05) is 12.1 Å². The number of aromatic amines is 1. The predicted octanol–water partition coefficient (Wildman–Crippen LogP) is 1.71. The number of esters is 1. The zero-order valence-electron chi connectivity index (χ0n) is 14.0. The lowest BCUT2D eigenvalue weighted by Gasteiger charge is -2.06. The van der Waals surface area contributed by atoms with Gasteiger partial charge in [-0.2, -0.15) is 0 Å². The Kier molecular flexibility index (Phi) is 4.99. The largest absolute Gasteiger partial charge is 0.497 e. The molecule has 26 heavy (non-hydrogen) atoms. The molecule has 0 saturated heterocycles. The Balaban J connectivity index is 1.82. The molecule has 0 atom stereocenters. The van der Waals surface area contributed by atoms with E-state index in [4.69, 9.17) is 4.74 Å². The standard InChI is InChI=1S/C17H15N3O5S/c1-24-10-5-3-4-9(6-10)7-18-16(22)14-19-11-8-26-13(17(23)25-2)12(11)15(21)20-14/h3-6,8H,7H2,1-2H3,(H,18,22)(H,19,20,21). The highest BCUT2D eigenvalue weighted by Crippen LogP contribution is 2.21. The molecular formula is C17H15N3O5S. The van der Waals surface area contributed by atoms with Crippen LogP contribution in [0.2, 0.25) is 0 Å². The molecular weight excluding hydrogens is 358 g/mol. The van der Waals surface area contributed by atoms with Gasteiger partial charge in [0.05, 0.1) is 25.1 Å². The van der Waals surface area contributed by atoms with Crippen LogP contribution in [0.15, 0.2) is 34.4 Å². The van der Waals surface area contributed by atoms with Gasteiger partial charge in [-0.05, 0) is 17.7 Å². The van der Waals surface area contributed by atoms with E-state index in [1.165, 1.54) is 12.5 Å². The molecule has 0 spiro atoms. The number of fused-ring (bicyclic) bond motifs is 1. The molecule has 0 bridgehead atoms. The van der Waals surface area contributed by atoms with Crippen LogP contribution in [0.3, 0.4) is 0 Å². The number of nitrogens with one attached hydrogen (secondary N) is 2. The highest BCUT2D eigenvalue weighted by molar-refractivity contribution is 7.13. The third-order valence-electron chi connectivity index (χ3n) is 3.64. The van der Waals surface area contributed by atoms with E-state index >= 15 is 0 Å². The quantitative estimate of drug-likeness (QED) is 0.659. The fourth-order valence-corrected chi connectivity index (χ4v) is 3.26. The van der Waals surface area contributed by atoms with E-state index in [2.05, 4.69) is 20.0 Å².